The molecule has 0 saturated heterocycles. The summed E-state index contributed by atoms with van der Waals surface area (Å²) in [4.78, 5) is 0. The average Bonchev–Trinajstić information content (AvgIpc) is 2.54. The summed E-state index contributed by atoms with van der Waals surface area (Å²) in [5.41, 5.74) is 4.68. The van der Waals surface area contributed by atoms with E-state index in [9.17, 15) is 0 Å². The van der Waals surface area contributed by atoms with E-state index >= 15 is 0 Å². The molecule has 1 aromatic carbocycles. The number of hydrogen-bond donors (Lipinski definition) is 1. The Hall–Kier alpha value is -1.02. The molecular formula is C18H29NO. The Morgan fingerprint density at radius 1 is 1.35 bits per heavy atom. The largest absolute Gasteiger partial charge is 0.496 e. The van der Waals surface area contributed by atoms with Crippen molar-refractivity contribution in [2.75, 3.05) is 13.7 Å². The molecule has 1 aliphatic carbocycles. The second kappa shape index (κ2) is 6.17. The van der Waals surface area contributed by atoms with Crippen molar-refractivity contribution in [2.45, 2.75) is 59.4 Å². The van der Waals surface area contributed by atoms with Crippen LogP contribution in [0.5, 0.6) is 5.75 Å². The molecule has 2 rings (SSSR count). The van der Waals surface area contributed by atoms with E-state index in [1.54, 1.807) is 7.11 Å². The molecule has 1 N–H and O–H groups in total. The third-order valence-corrected chi connectivity index (χ3v) is 4.55. The summed E-state index contributed by atoms with van der Waals surface area (Å²) in [6.07, 6.45) is 4.73. The predicted molar refractivity (Wildman–Crippen MR) is 85.5 cm³/mol. The van der Waals surface area contributed by atoms with Gasteiger partial charge in [0.1, 0.15) is 5.75 Å². The van der Waals surface area contributed by atoms with Crippen molar-refractivity contribution in [2.24, 2.45) is 5.41 Å². The second-order valence-corrected chi connectivity index (χ2v) is 6.85. The zero-order valence-electron chi connectivity index (χ0n) is 13.7. The van der Waals surface area contributed by atoms with Crippen LogP contribution in [-0.4, -0.2) is 13.7 Å². The summed E-state index contributed by atoms with van der Waals surface area (Å²) in [5.74, 6) is 1.06. The molecule has 20 heavy (non-hydrogen) atoms. The van der Waals surface area contributed by atoms with Gasteiger partial charge in [-0.1, -0.05) is 26.8 Å². The molecule has 0 radical (unpaired) electrons. The Labute approximate surface area is 123 Å². The number of hydrogen-bond acceptors (Lipinski definition) is 2. The fraction of sp³-hybridized carbons (Fsp3) is 0.667. The SMILES string of the molecule is CCCNC1CC(C)(C)CCc2c(OC)ccc(C)c21. The van der Waals surface area contributed by atoms with Crippen LogP contribution >= 0.6 is 0 Å². The molecule has 1 aliphatic rings. The molecule has 0 aliphatic heterocycles. The van der Waals surface area contributed by atoms with Crippen molar-refractivity contribution in [1.82, 2.24) is 5.32 Å². The first-order chi connectivity index (χ1) is 9.48. The van der Waals surface area contributed by atoms with Crippen LogP contribution in [0.4, 0.5) is 0 Å². The fourth-order valence-corrected chi connectivity index (χ4v) is 3.41. The number of ether oxygens (including phenoxy) is 1. The Balaban J connectivity index is 2.46. The summed E-state index contributed by atoms with van der Waals surface area (Å²) in [6, 6.07) is 4.79. The van der Waals surface area contributed by atoms with Gasteiger partial charge in [-0.05, 0) is 67.3 Å². The van der Waals surface area contributed by atoms with Crippen molar-refractivity contribution in [1.29, 1.82) is 0 Å². The normalized spacial score (nSPS) is 21.1. The van der Waals surface area contributed by atoms with Crippen LogP contribution in [0, 0.1) is 12.3 Å². The van der Waals surface area contributed by atoms with Crippen molar-refractivity contribution in [3.8, 4) is 5.75 Å². The molecule has 1 atom stereocenters. The number of benzene rings is 1. The molecule has 0 saturated carbocycles. The predicted octanol–water partition coefficient (Wildman–Crippen LogP) is 4.41. The Bertz CT molecular complexity index is 465. The first kappa shape index (κ1) is 15.4. The summed E-state index contributed by atoms with van der Waals surface area (Å²) in [5, 5.41) is 3.76. The van der Waals surface area contributed by atoms with Crippen LogP contribution in [0.1, 0.15) is 62.8 Å². The number of rotatable bonds is 4. The van der Waals surface area contributed by atoms with Crippen molar-refractivity contribution >= 4 is 0 Å². The lowest BCUT2D eigenvalue weighted by molar-refractivity contribution is 0.273. The maximum Gasteiger partial charge on any atom is 0.122 e. The Morgan fingerprint density at radius 2 is 2.10 bits per heavy atom. The van der Waals surface area contributed by atoms with Gasteiger partial charge in [0.25, 0.3) is 0 Å². The van der Waals surface area contributed by atoms with Crippen LogP contribution in [0.2, 0.25) is 0 Å². The number of fused-ring (bicyclic) bond motifs is 1. The van der Waals surface area contributed by atoms with E-state index in [1.165, 1.54) is 36.0 Å². The number of nitrogens with one attached hydrogen (secondary N) is 1. The van der Waals surface area contributed by atoms with Gasteiger partial charge in [0.05, 0.1) is 7.11 Å². The summed E-state index contributed by atoms with van der Waals surface area (Å²) < 4.78 is 5.62. The van der Waals surface area contributed by atoms with Crippen molar-refractivity contribution in [3.05, 3.63) is 28.8 Å². The fourth-order valence-electron chi connectivity index (χ4n) is 3.41. The average molecular weight is 275 g/mol. The summed E-state index contributed by atoms with van der Waals surface area (Å²) >= 11 is 0. The lowest BCUT2D eigenvalue weighted by atomic mass is 9.82. The number of methoxy groups -OCH3 is 1. The molecule has 0 spiro atoms. The van der Waals surface area contributed by atoms with Gasteiger partial charge < -0.3 is 10.1 Å². The van der Waals surface area contributed by atoms with Gasteiger partial charge in [0.2, 0.25) is 0 Å². The molecular weight excluding hydrogens is 246 g/mol. The van der Waals surface area contributed by atoms with Gasteiger partial charge in [-0.2, -0.15) is 0 Å². The molecule has 112 valence electrons. The zero-order chi connectivity index (χ0) is 14.8. The topological polar surface area (TPSA) is 21.3 Å². The highest BCUT2D eigenvalue weighted by atomic mass is 16.5. The van der Waals surface area contributed by atoms with E-state index < -0.39 is 0 Å². The van der Waals surface area contributed by atoms with E-state index in [4.69, 9.17) is 4.74 Å². The minimum Gasteiger partial charge on any atom is -0.496 e. The van der Waals surface area contributed by atoms with Gasteiger partial charge in [-0.3, -0.25) is 0 Å². The third-order valence-electron chi connectivity index (χ3n) is 4.55. The lowest BCUT2D eigenvalue weighted by Crippen LogP contribution is -2.27. The standard InChI is InChI=1S/C18H29NO/c1-6-11-19-15-12-18(3,4)10-9-14-16(20-5)8-7-13(2)17(14)15/h7-8,15,19H,6,9-12H2,1-5H3. The van der Waals surface area contributed by atoms with Crippen LogP contribution in [0.25, 0.3) is 0 Å². The first-order valence-electron chi connectivity index (χ1n) is 7.88. The third kappa shape index (κ3) is 3.17. The van der Waals surface area contributed by atoms with E-state index in [1.807, 2.05) is 0 Å². The Morgan fingerprint density at radius 3 is 2.75 bits per heavy atom. The van der Waals surface area contributed by atoms with Crippen molar-refractivity contribution in [3.63, 3.8) is 0 Å². The van der Waals surface area contributed by atoms with Gasteiger partial charge in [-0.15, -0.1) is 0 Å². The monoisotopic (exact) mass is 275 g/mol. The van der Waals surface area contributed by atoms with Gasteiger partial charge in [-0.25, -0.2) is 0 Å². The van der Waals surface area contributed by atoms with Crippen LogP contribution in [0.3, 0.4) is 0 Å². The highest BCUT2D eigenvalue weighted by molar-refractivity contribution is 5.47. The maximum absolute atomic E-state index is 5.62. The Kier molecular flexibility index (Phi) is 4.74. The minimum absolute atomic E-state index is 0.377. The highest BCUT2D eigenvalue weighted by Crippen LogP contribution is 2.43. The van der Waals surface area contributed by atoms with Gasteiger partial charge in [0, 0.05) is 6.04 Å². The van der Waals surface area contributed by atoms with Crippen LogP contribution < -0.4 is 10.1 Å². The van der Waals surface area contributed by atoms with E-state index in [0.29, 0.717) is 11.5 Å². The smallest absolute Gasteiger partial charge is 0.122 e. The molecule has 0 bridgehead atoms. The molecule has 2 heteroatoms. The zero-order valence-corrected chi connectivity index (χ0v) is 13.7. The van der Waals surface area contributed by atoms with Gasteiger partial charge >= 0.3 is 0 Å². The molecule has 1 aromatic rings. The quantitative estimate of drug-likeness (QED) is 0.822. The second-order valence-electron chi connectivity index (χ2n) is 6.85. The lowest BCUT2D eigenvalue weighted by Gasteiger charge is -2.28. The first-order valence-corrected chi connectivity index (χ1v) is 7.88. The van der Waals surface area contributed by atoms with Gasteiger partial charge in [0.15, 0.2) is 0 Å². The molecule has 0 heterocycles. The van der Waals surface area contributed by atoms with E-state index in [2.05, 4.69) is 45.1 Å². The van der Waals surface area contributed by atoms with Crippen molar-refractivity contribution < 1.29 is 4.74 Å². The minimum atomic E-state index is 0.377. The maximum atomic E-state index is 5.62. The molecule has 0 fully saturated rings. The van der Waals surface area contributed by atoms with E-state index in [0.717, 1.165) is 18.7 Å². The van der Waals surface area contributed by atoms with Crippen LogP contribution in [-0.2, 0) is 6.42 Å². The summed E-state index contributed by atoms with van der Waals surface area (Å²) in [7, 11) is 1.79. The molecule has 0 aromatic heterocycles. The molecule has 0 amide bonds. The molecule has 1 unspecified atom stereocenters. The summed E-state index contributed by atoms with van der Waals surface area (Å²) in [6.45, 7) is 10.3. The molecule has 2 nitrogen and oxygen atoms in total. The number of aryl methyl sites for hydroxylation is 1. The van der Waals surface area contributed by atoms with E-state index in [-0.39, 0.29) is 0 Å². The highest BCUT2D eigenvalue weighted by Gasteiger charge is 2.31. The van der Waals surface area contributed by atoms with Crippen LogP contribution in [0.15, 0.2) is 12.1 Å².